The average molecular weight is 523 g/mol. The quantitative estimate of drug-likeness (QED) is 0.314. The Balaban J connectivity index is 1.69. The average Bonchev–Trinajstić information content (AvgIpc) is 3.65. The third kappa shape index (κ3) is 5.75. The van der Waals surface area contributed by atoms with E-state index in [1.165, 1.54) is 24.3 Å². The number of nitrogens with one attached hydrogen (secondary N) is 1. The summed E-state index contributed by atoms with van der Waals surface area (Å²) in [6.07, 6.45) is 2.20. The van der Waals surface area contributed by atoms with Crippen LogP contribution >= 0.6 is 0 Å². The van der Waals surface area contributed by atoms with Crippen molar-refractivity contribution in [3.05, 3.63) is 53.1 Å². The summed E-state index contributed by atoms with van der Waals surface area (Å²) in [5, 5.41) is 13.4. The molecule has 0 amide bonds. The number of hydrogen-bond donors (Lipinski definition) is 2. The molecular formula is C27H32F3N3O4. The number of anilines is 1. The van der Waals surface area contributed by atoms with Crippen LogP contribution in [0.2, 0.25) is 0 Å². The van der Waals surface area contributed by atoms with E-state index in [9.17, 15) is 13.9 Å². The molecule has 2 aromatic carbocycles. The number of halogens is 3. The first-order chi connectivity index (χ1) is 18.6. The van der Waals surface area contributed by atoms with Gasteiger partial charge in [-0.15, -0.1) is 0 Å². The molecule has 7 nitrogen and oxygen atoms in total. The summed E-state index contributed by atoms with van der Waals surface area (Å²) in [6, 6.07) is 5.68. The summed E-state index contributed by atoms with van der Waals surface area (Å²) in [6.45, 7) is 5.46. The third-order valence-electron chi connectivity index (χ3n) is 6.16. The number of methoxy groups -OCH3 is 1. The van der Waals surface area contributed by atoms with Crippen LogP contribution in [0.1, 0.15) is 60.7 Å². The molecule has 1 atom stereocenters. The second-order valence-corrected chi connectivity index (χ2v) is 9.66. The van der Waals surface area contributed by atoms with Gasteiger partial charge in [-0.3, -0.25) is 0 Å². The van der Waals surface area contributed by atoms with Crippen LogP contribution in [0.3, 0.4) is 0 Å². The number of benzene rings is 2. The van der Waals surface area contributed by atoms with E-state index in [4.69, 9.17) is 18.3 Å². The molecule has 0 radical (unpaired) electrons. The fourth-order valence-corrected chi connectivity index (χ4v) is 3.90. The van der Waals surface area contributed by atoms with E-state index in [1.807, 2.05) is 0 Å². The highest BCUT2D eigenvalue weighted by Crippen LogP contribution is 2.42. The van der Waals surface area contributed by atoms with E-state index in [-0.39, 0.29) is 35.6 Å². The number of aliphatic hydroxyl groups is 1. The molecule has 1 aromatic heterocycles. The van der Waals surface area contributed by atoms with E-state index < -0.39 is 36.0 Å². The summed E-state index contributed by atoms with van der Waals surface area (Å²) in [5.41, 5.74) is -3.16. The number of alkyl halides is 2. The molecule has 4 rings (SSSR count). The molecule has 1 fully saturated rings. The summed E-state index contributed by atoms with van der Waals surface area (Å²) in [5.74, 6) is -4.38. The van der Waals surface area contributed by atoms with Crippen molar-refractivity contribution in [1.29, 1.82) is 0 Å². The molecule has 3 aromatic rings. The fraction of sp³-hybridized carbons (Fsp3) is 0.481. The zero-order chi connectivity index (χ0) is 29.5. The van der Waals surface area contributed by atoms with Crippen molar-refractivity contribution in [1.82, 2.24) is 9.97 Å². The molecular weight excluding hydrogens is 487 g/mol. The Morgan fingerprint density at radius 3 is 2.62 bits per heavy atom. The minimum atomic E-state index is -3.85. The van der Waals surface area contributed by atoms with Gasteiger partial charge in [-0.25, -0.2) is 14.4 Å². The van der Waals surface area contributed by atoms with Gasteiger partial charge in [0.2, 0.25) is 0 Å². The van der Waals surface area contributed by atoms with Crippen LogP contribution < -0.4 is 14.8 Å². The predicted octanol–water partition coefficient (Wildman–Crippen LogP) is 5.68. The van der Waals surface area contributed by atoms with Gasteiger partial charge in [-0.05, 0) is 52.7 Å². The van der Waals surface area contributed by atoms with E-state index in [0.717, 1.165) is 32.8 Å². The van der Waals surface area contributed by atoms with Crippen LogP contribution in [-0.2, 0) is 10.7 Å². The lowest BCUT2D eigenvalue weighted by Gasteiger charge is -2.30. The van der Waals surface area contributed by atoms with Gasteiger partial charge >= 0.3 is 5.92 Å². The first kappa shape index (κ1) is 23.0. The van der Waals surface area contributed by atoms with Crippen molar-refractivity contribution in [3.8, 4) is 11.5 Å². The van der Waals surface area contributed by atoms with Crippen molar-refractivity contribution in [3.63, 3.8) is 0 Å². The molecule has 37 heavy (non-hydrogen) atoms. The first-order valence-electron chi connectivity index (χ1n) is 13.5. The number of rotatable bonds is 11. The lowest BCUT2D eigenvalue weighted by atomic mass is 9.91. The highest BCUT2D eigenvalue weighted by Gasteiger charge is 2.49. The predicted molar refractivity (Wildman–Crippen MR) is 134 cm³/mol. The van der Waals surface area contributed by atoms with Crippen molar-refractivity contribution < 1.29 is 36.6 Å². The molecule has 1 saturated carbocycles. The third-order valence-corrected chi connectivity index (χ3v) is 6.16. The second kappa shape index (κ2) is 10.3. The van der Waals surface area contributed by atoms with Gasteiger partial charge in [0.15, 0.2) is 11.5 Å². The summed E-state index contributed by atoms with van der Waals surface area (Å²) in [4.78, 5) is 8.79. The van der Waals surface area contributed by atoms with Crippen LogP contribution in [0.5, 0.6) is 11.5 Å². The monoisotopic (exact) mass is 522 g/mol. The molecule has 0 unspecified atom stereocenters. The van der Waals surface area contributed by atoms with Crippen LogP contribution in [0, 0.1) is 12.7 Å². The highest BCUT2D eigenvalue weighted by molar-refractivity contribution is 5.92. The van der Waals surface area contributed by atoms with Gasteiger partial charge < -0.3 is 24.6 Å². The van der Waals surface area contributed by atoms with Gasteiger partial charge in [0.25, 0.3) is 0 Å². The van der Waals surface area contributed by atoms with Gasteiger partial charge in [0.1, 0.15) is 29.7 Å². The fourth-order valence-electron chi connectivity index (χ4n) is 3.90. The first-order valence-corrected chi connectivity index (χ1v) is 12.0. The zero-order valence-corrected chi connectivity index (χ0v) is 21.1. The van der Waals surface area contributed by atoms with Crippen LogP contribution in [0.25, 0.3) is 10.9 Å². The van der Waals surface area contributed by atoms with Gasteiger partial charge in [0.05, 0.1) is 41.0 Å². The van der Waals surface area contributed by atoms with Crippen LogP contribution in [0.15, 0.2) is 30.3 Å². The normalized spacial score (nSPS) is 16.6. The molecule has 2 N–H and O–H groups in total. The highest BCUT2D eigenvalue weighted by atomic mass is 19.3. The van der Waals surface area contributed by atoms with E-state index in [2.05, 4.69) is 15.3 Å². The van der Waals surface area contributed by atoms with Gasteiger partial charge in [0, 0.05) is 17.0 Å². The molecule has 0 aliphatic heterocycles. The van der Waals surface area contributed by atoms with Crippen molar-refractivity contribution in [2.75, 3.05) is 25.6 Å². The maximum atomic E-state index is 15.4. The van der Waals surface area contributed by atoms with Crippen molar-refractivity contribution in [2.45, 2.75) is 64.2 Å². The Hall–Kier alpha value is -3.11. The number of fused-ring (bicyclic) bond motifs is 1. The van der Waals surface area contributed by atoms with E-state index >= 15 is 4.39 Å². The van der Waals surface area contributed by atoms with Crippen molar-refractivity contribution >= 4 is 16.7 Å². The lowest BCUT2D eigenvalue weighted by Crippen LogP contribution is -2.41. The summed E-state index contributed by atoms with van der Waals surface area (Å²) < 4.78 is 84.2. The molecule has 10 heteroatoms. The standard InChI is InChI=1S/C27H32F3N3O4/c1-15(18-7-6-8-20(24(18)28)27(29,30)26(3,4)34)31-25-19-13-23(37-12-11-36-17-9-10-17)22(35-5)14-21(19)32-16(2)33-25/h6-8,13-15,17,34H,9-12H2,1-5H3,(H,31,32,33)/t15-/m1/s1/i5D3. The van der Waals surface area contributed by atoms with Crippen LogP contribution in [-0.4, -0.2) is 47.0 Å². The number of aromatic nitrogens is 2. The van der Waals surface area contributed by atoms with E-state index in [0.29, 0.717) is 23.3 Å². The molecule has 1 heterocycles. The minimum absolute atomic E-state index is 0.0522. The zero-order valence-electron chi connectivity index (χ0n) is 24.1. The largest absolute Gasteiger partial charge is 0.493 e. The topological polar surface area (TPSA) is 85.7 Å². The summed E-state index contributed by atoms with van der Waals surface area (Å²) in [7, 11) is -2.75. The van der Waals surface area contributed by atoms with Gasteiger partial charge in [-0.2, -0.15) is 8.78 Å². The Morgan fingerprint density at radius 2 is 1.95 bits per heavy atom. The van der Waals surface area contributed by atoms with E-state index in [1.54, 1.807) is 13.8 Å². The maximum absolute atomic E-state index is 15.4. The SMILES string of the molecule is [2H]C([2H])([2H])Oc1cc2nc(C)nc(N[C@H](C)c3cccc(C(F)(F)C(C)(C)O)c3F)c2cc1OCCOC1CC1. The summed E-state index contributed by atoms with van der Waals surface area (Å²) >= 11 is 0. The Bertz CT molecular complexity index is 1380. The van der Waals surface area contributed by atoms with Crippen LogP contribution in [0.4, 0.5) is 19.0 Å². The molecule has 0 bridgehead atoms. The maximum Gasteiger partial charge on any atom is 0.303 e. The Kier molecular flexibility index (Phi) is 6.44. The molecule has 1 aliphatic rings. The number of aryl methyl sites for hydroxylation is 1. The number of nitrogens with zero attached hydrogens (tertiary/aromatic N) is 2. The molecule has 0 spiro atoms. The number of hydrogen-bond acceptors (Lipinski definition) is 7. The Labute approximate surface area is 218 Å². The smallest absolute Gasteiger partial charge is 0.303 e. The van der Waals surface area contributed by atoms with Gasteiger partial charge in [-0.1, -0.05) is 12.1 Å². The lowest BCUT2D eigenvalue weighted by molar-refractivity contribution is -0.170. The molecule has 200 valence electrons. The molecule has 0 saturated heterocycles. The Morgan fingerprint density at radius 1 is 1.19 bits per heavy atom. The minimum Gasteiger partial charge on any atom is -0.493 e. The molecule has 1 aliphatic carbocycles. The number of ether oxygens (including phenoxy) is 3. The second-order valence-electron chi connectivity index (χ2n) is 9.66. The van der Waals surface area contributed by atoms with Crippen molar-refractivity contribution in [2.24, 2.45) is 0 Å².